The fourth-order valence-electron chi connectivity index (χ4n) is 3.28. The van der Waals surface area contributed by atoms with Gasteiger partial charge in [0.25, 0.3) is 0 Å². The molecule has 3 rings (SSSR count). The van der Waals surface area contributed by atoms with Gasteiger partial charge in [-0.2, -0.15) is 5.10 Å². The molecule has 1 aromatic heterocycles. The maximum absolute atomic E-state index is 11.0. The lowest BCUT2D eigenvalue weighted by atomic mass is 10.1. The van der Waals surface area contributed by atoms with Crippen molar-refractivity contribution in [3.8, 4) is 0 Å². The summed E-state index contributed by atoms with van der Waals surface area (Å²) in [4.78, 5) is 13.2. The van der Waals surface area contributed by atoms with Crippen molar-refractivity contribution < 1.29 is 9.90 Å². The second kappa shape index (κ2) is 5.85. The van der Waals surface area contributed by atoms with Crippen LogP contribution in [-0.4, -0.2) is 38.3 Å². The first kappa shape index (κ1) is 14.1. The molecule has 5 heteroatoms. The molecule has 1 aromatic carbocycles. The van der Waals surface area contributed by atoms with Crippen LogP contribution in [0.15, 0.2) is 24.3 Å². The molecule has 1 fully saturated rings. The molecule has 0 amide bonds. The van der Waals surface area contributed by atoms with Crippen molar-refractivity contribution in [1.29, 1.82) is 0 Å². The van der Waals surface area contributed by atoms with Gasteiger partial charge in [-0.15, -0.1) is 0 Å². The molecule has 21 heavy (non-hydrogen) atoms. The second-order valence-electron chi connectivity index (χ2n) is 5.64. The number of carboxylic acid groups (broad SMARTS) is 1. The van der Waals surface area contributed by atoms with Crippen LogP contribution in [-0.2, 0) is 17.9 Å². The van der Waals surface area contributed by atoms with Gasteiger partial charge in [-0.3, -0.25) is 14.4 Å². The fourth-order valence-corrected chi connectivity index (χ4v) is 3.28. The van der Waals surface area contributed by atoms with Crippen LogP contribution in [0.3, 0.4) is 0 Å². The Hall–Kier alpha value is -1.88. The van der Waals surface area contributed by atoms with Crippen molar-refractivity contribution in [2.45, 2.75) is 45.3 Å². The summed E-state index contributed by atoms with van der Waals surface area (Å²) in [5, 5.41) is 14.9. The molecule has 1 unspecified atom stereocenters. The number of aryl methyl sites for hydroxylation is 1. The van der Waals surface area contributed by atoms with Crippen molar-refractivity contribution in [3.63, 3.8) is 0 Å². The van der Waals surface area contributed by atoms with Gasteiger partial charge in [-0.05, 0) is 32.4 Å². The number of hydrogen-bond donors (Lipinski definition) is 1. The molecule has 0 radical (unpaired) electrons. The smallest absolute Gasteiger partial charge is 0.304 e. The minimum absolute atomic E-state index is 0.146. The Kier molecular flexibility index (Phi) is 3.92. The van der Waals surface area contributed by atoms with Crippen LogP contribution in [0.1, 0.15) is 31.9 Å². The maximum Gasteiger partial charge on any atom is 0.304 e. The first-order valence-electron chi connectivity index (χ1n) is 7.59. The van der Waals surface area contributed by atoms with Gasteiger partial charge in [0.05, 0.1) is 17.6 Å². The summed E-state index contributed by atoms with van der Waals surface area (Å²) in [5.41, 5.74) is 2.22. The minimum atomic E-state index is -0.712. The Morgan fingerprint density at radius 2 is 2.24 bits per heavy atom. The van der Waals surface area contributed by atoms with Crippen LogP contribution in [0.5, 0.6) is 0 Å². The van der Waals surface area contributed by atoms with Crippen LogP contribution in [0, 0.1) is 0 Å². The predicted octanol–water partition coefficient (Wildman–Crippen LogP) is 2.50. The van der Waals surface area contributed by atoms with Crippen molar-refractivity contribution in [3.05, 3.63) is 30.0 Å². The molecule has 2 aromatic rings. The molecule has 1 aliphatic heterocycles. The van der Waals surface area contributed by atoms with Crippen LogP contribution in [0.2, 0.25) is 0 Å². The van der Waals surface area contributed by atoms with Gasteiger partial charge in [-0.25, -0.2) is 0 Å². The predicted molar refractivity (Wildman–Crippen MR) is 81.1 cm³/mol. The molecule has 5 nitrogen and oxygen atoms in total. The molecule has 1 N–H and O–H groups in total. The average Bonchev–Trinajstić information content (AvgIpc) is 3.04. The van der Waals surface area contributed by atoms with E-state index in [0.29, 0.717) is 0 Å². The highest BCUT2D eigenvalue weighted by molar-refractivity contribution is 5.81. The minimum Gasteiger partial charge on any atom is -0.481 e. The Labute approximate surface area is 124 Å². The number of nitrogens with zero attached hydrogens (tertiary/aromatic N) is 3. The fraction of sp³-hybridized carbons (Fsp3) is 0.500. The van der Waals surface area contributed by atoms with E-state index in [0.717, 1.165) is 43.7 Å². The third-order valence-corrected chi connectivity index (χ3v) is 4.30. The van der Waals surface area contributed by atoms with E-state index in [2.05, 4.69) is 24.0 Å². The Morgan fingerprint density at radius 1 is 1.43 bits per heavy atom. The van der Waals surface area contributed by atoms with Gasteiger partial charge in [-0.1, -0.05) is 18.2 Å². The number of carbonyl (C=O) groups is 1. The number of hydrogen-bond acceptors (Lipinski definition) is 3. The summed E-state index contributed by atoms with van der Waals surface area (Å²) in [6.07, 6.45) is 2.27. The largest absolute Gasteiger partial charge is 0.481 e. The lowest BCUT2D eigenvalue weighted by Crippen LogP contribution is -2.31. The monoisotopic (exact) mass is 287 g/mol. The standard InChI is InChI=1S/C16H21N3O2/c1-2-19-15-8-4-3-7-13(15)14(17-19)11-18-9-5-6-12(18)10-16(20)21/h3-4,7-8,12H,2,5-6,9-11H2,1H3,(H,20,21). The van der Waals surface area contributed by atoms with E-state index in [1.807, 2.05) is 16.8 Å². The Bertz CT molecular complexity index is 650. The summed E-state index contributed by atoms with van der Waals surface area (Å²) in [5.74, 6) is -0.712. The number of para-hydroxylation sites is 1. The Morgan fingerprint density at radius 3 is 3.00 bits per heavy atom. The summed E-state index contributed by atoms with van der Waals surface area (Å²) >= 11 is 0. The van der Waals surface area contributed by atoms with Gasteiger partial charge in [0.15, 0.2) is 0 Å². The number of carboxylic acids is 1. The van der Waals surface area contributed by atoms with Crippen LogP contribution < -0.4 is 0 Å². The Balaban J connectivity index is 1.86. The highest BCUT2D eigenvalue weighted by Crippen LogP contribution is 2.25. The first-order valence-corrected chi connectivity index (χ1v) is 7.59. The molecular formula is C16H21N3O2. The number of rotatable bonds is 5. The topological polar surface area (TPSA) is 58.4 Å². The zero-order chi connectivity index (χ0) is 14.8. The van der Waals surface area contributed by atoms with Gasteiger partial charge >= 0.3 is 5.97 Å². The summed E-state index contributed by atoms with van der Waals surface area (Å²) in [6, 6.07) is 8.41. The highest BCUT2D eigenvalue weighted by atomic mass is 16.4. The van der Waals surface area contributed by atoms with Gasteiger partial charge in [0.1, 0.15) is 0 Å². The number of fused-ring (bicyclic) bond motifs is 1. The first-order chi connectivity index (χ1) is 10.2. The third-order valence-electron chi connectivity index (χ3n) is 4.30. The number of aliphatic carboxylic acids is 1. The van der Waals surface area contributed by atoms with Gasteiger partial charge < -0.3 is 5.11 Å². The molecule has 0 spiro atoms. The van der Waals surface area contributed by atoms with E-state index in [1.54, 1.807) is 0 Å². The van der Waals surface area contributed by atoms with Crippen molar-refractivity contribution >= 4 is 16.9 Å². The zero-order valence-corrected chi connectivity index (χ0v) is 12.3. The summed E-state index contributed by atoms with van der Waals surface area (Å²) in [6.45, 7) is 4.64. The van der Waals surface area contributed by atoms with Gasteiger partial charge in [0.2, 0.25) is 0 Å². The summed E-state index contributed by atoms with van der Waals surface area (Å²) in [7, 11) is 0. The highest BCUT2D eigenvalue weighted by Gasteiger charge is 2.27. The summed E-state index contributed by atoms with van der Waals surface area (Å²) < 4.78 is 2.02. The molecule has 0 bridgehead atoms. The van der Waals surface area contributed by atoms with Crippen molar-refractivity contribution in [1.82, 2.24) is 14.7 Å². The SMILES string of the molecule is CCn1nc(CN2CCCC2CC(=O)O)c2ccccc21. The number of benzene rings is 1. The van der Waals surface area contributed by atoms with Crippen molar-refractivity contribution in [2.75, 3.05) is 6.54 Å². The molecule has 1 saturated heterocycles. The second-order valence-corrected chi connectivity index (χ2v) is 5.64. The zero-order valence-electron chi connectivity index (χ0n) is 12.3. The molecule has 1 aliphatic rings. The normalized spacial score (nSPS) is 19.4. The molecular weight excluding hydrogens is 266 g/mol. The third kappa shape index (κ3) is 2.78. The average molecular weight is 287 g/mol. The molecule has 0 saturated carbocycles. The molecule has 2 heterocycles. The van der Waals surface area contributed by atoms with E-state index in [-0.39, 0.29) is 12.5 Å². The number of likely N-dealkylation sites (tertiary alicyclic amines) is 1. The van der Waals surface area contributed by atoms with E-state index in [9.17, 15) is 4.79 Å². The van der Waals surface area contributed by atoms with Crippen molar-refractivity contribution in [2.24, 2.45) is 0 Å². The lowest BCUT2D eigenvalue weighted by molar-refractivity contribution is -0.138. The molecule has 0 aliphatic carbocycles. The van der Waals surface area contributed by atoms with Gasteiger partial charge in [0, 0.05) is 24.5 Å². The van der Waals surface area contributed by atoms with Crippen LogP contribution in [0.4, 0.5) is 0 Å². The molecule has 1 atom stereocenters. The lowest BCUT2D eigenvalue weighted by Gasteiger charge is -2.22. The van der Waals surface area contributed by atoms with Crippen LogP contribution >= 0.6 is 0 Å². The van der Waals surface area contributed by atoms with E-state index >= 15 is 0 Å². The van der Waals surface area contributed by atoms with E-state index in [1.165, 1.54) is 5.39 Å². The maximum atomic E-state index is 11.0. The van der Waals surface area contributed by atoms with Crippen LogP contribution in [0.25, 0.3) is 10.9 Å². The van der Waals surface area contributed by atoms with E-state index in [4.69, 9.17) is 10.2 Å². The van der Waals surface area contributed by atoms with E-state index < -0.39 is 5.97 Å². The quantitative estimate of drug-likeness (QED) is 0.918. The molecule has 112 valence electrons. The number of aromatic nitrogens is 2.